The molecule has 2 fully saturated rings. The molecule has 0 heterocycles. The highest BCUT2D eigenvalue weighted by Crippen LogP contribution is 2.39. The van der Waals surface area contributed by atoms with Crippen molar-refractivity contribution in [3.05, 3.63) is 29.3 Å². The molecule has 2 aliphatic rings. The van der Waals surface area contributed by atoms with E-state index in [1.807, 2.05) is 12.2 Å². The van der Waals surface area contributed by atoms with Gasteiger partial charge >= 0.3 is 6.36 Å². The summed E-state index contributed by atoms with van der Waals surface area (Å²) in [6.45, 7) is 2.07. The normalized spacial score (nSPS) is 18.4. The molecule has 2 nitrogen and oxygen atoms in total. The lowest BCUT2D eigenvalue weighted by Crippen LogP contribution is -2.19. The summed E-state index contributed by atoms with van der Waals surface area (Å²) in [5.41, 5.74) is 1.20. The molecule has 5 heteroatoms. The van der Waals surface area contributed by atoms with Crippen LogP contribution in [0.15, 0.2) is 18.2 Å². The summed E-state index contributed by atoms with van der Waals surface area (Å²) in [6.07, 6.45) is 4.79. The number of hydrogen-bond acceptors (Lipinski definition) is 2. The van der Waals surface area contributed by atoms with Crippen LogP contribution in [0.2, 0.25) is 0 Å². The van der Waals surface area contributed by atoms with E-state index in [-0.39, 0.29) is 11.5 Å². The van der Waals surface area contributed by atoms with Gasteiger partial charge in [0, 0.05) is 5.56 Å². The van der Waals surface area contributed by atoms with E-state index < -0.39 is 6.36 Å². The fourth-order valence-electron chi connectivity index (χ4n) is 2.49. The molecule has 1 aromatic carbocycles. The van der Waals surface area contributed by atoms with Crippen LogP contribution in [-0.2, 0) is 0 Å². The van der Waals surface area contributed by atoms with Crippen LogP contribution in [0.25, 0.3) is 6.08 Å². The Hall–Kier alpha value is -1.65. The Labute approximate surface area is 134 Å². The predicted molar refractivity (Wildman–Crippen MR) is 82.5 cm³/mol. The smallest absolute Gasteiger partial charge is 0.490 e. The Morgan fingerprint density at radius 2 is 1.91 bits per heavy atom. The Bertz CT molecular complexity index is 585. The van der Waals surface area contributed by atoms with E-state index >= 15 is 0 Å². The van der Waals surface area contributed by atoms with E-state index in [4.69, 9.17) is 4.74 Å². The number of rotatable bonds is 7. The van der Waals surface area contributed by atoms with Crippen molar-refractivity contribution in [2.24, 2.45) is 11.8 Å². The molecule has 0 aromatic heterocycles. The van der Waals surface area contributed by atoms with Gasteiger partial charge in [-0.2, -0.15) is 0 Å². The zero-order chi connectivity index (χ0) is 16.4. The first kappa shape index (κ1) is 16.2. The second kappa shape index (κ2) is 6.46. The summed E-state index contributed by atoms with van der Waals surface area (Å²) in [4.78, 5) is 0. The van der Waals surface area contributed by atoms with Gasteiger partial charge in [-0.05, 0) is 49.7 Å². The van der Waals surface area contributed by atoms with Crippen molar-refractivity contribution in [1.29, 1.82) is 0 Å². The highest BCUT2D eigenvalue weighted by molar-refractivity contribution is 5.62. The molecule has 0 amide bonds. The molecule has 0 saturated heterocycles. The standard InChI is InChI=1S/C18H21F3O2/c1-12-15(7-6-13-2-3-13)8-9-16(17(12)23-18(19,20)21)22-11-10-14-4-5-14/h6-9,13-14H,2-5,10-11H2,1H3/b7-6+. The number of halogens is 3. The lowest BCUT2D eigenvalue weighted by atomic mass is 10.1. The van der Waals surface area contributed by atoms with Gasteiger partial charge in [-0.25, -0.2) is 0 Å². The van der Waals surface area contributed by atoms with Gasteiger partial charge < -0.3 is 9.47 Å². The monoisotopic (exact) mass is 326 g/mol. The average molecular weight is 326 g/mol. The zero-order valence-electron chi connectivity index (χ0n) is 13.2. The van der Waals surface area contributed by atoms with Crippen LogP contribution in [0, 0.1) is 18.8 Å². The third-order valence-corrected chi connectivity index (χ3v) is 4.28. The first-order valence-electron chi connectivity index (χ1n) is 8.13. The van der Waals surface area contributed by atoms with E-state index in [1.54, 1.807) is 19.1 Å². The molecule has 0 spiro atoms. The van der Waals surface area contributed by atoms with Crippen molar-refractivity contribution in [1.82, 2.24) is 0 Å². The topological polar surface area (TPSA) is 18.5 Å². The molecule has 0 radical (unpaired) electrons. The first-order valence-corrected chi connectivity index (χ1v) is 8.13. The number of alkyl halides is 3. The van der Waals surface area contributed by atoms with Gasteiger partial charge in [0.05, 0.1) is 6.61 Å². The first-order chi connectivity index (χ1) is 10.9. The fourth-order valence-corrected chi connectivity index (χ4v) is 2.49. The molecule has 2 aliphatic carbocycles. The molecule has 0 aliphatic heterocycles. The van der Waals surface area contributed by atoms with Crippen LogP contribution in [0.4, 0.5) is 13.2 Å². The predicted octanol–water partition coefficient (Wildman–Crippen LogP) is 5.50. The van der Waals surface area contributed by atoms with E-state index in [2.05, 4.69) is 4.74 Å². The van der Waals surface area contributed by atoms with Crippen LogP contribution in [0.3, 0.4) is 0 Å². The lowest BCUT2D eigenvalue weighted by molar-refractivity contribution is -0.275. The maximum atomic E-state index is 12.7. The highest BCUT2D eigenvalue weighted by Gasteiger charge is 2.34. The van der Waals surface area contributed by atoms with Gasteiger partial charge in [-0.1, -0.05) is 31.1 Å². The third-order valence-electron chi connectivity index (χ3n) is 4.28. The molecule has 0 atom stereocenters. The molecule has 23 heavy (non-hydrogen) atoms. The molecular weight excluding hydrogens is 305 g/mol. The van der Waals surface area contributed by atoms with Crippen molar-refractivity contribution < 1.29 is 22.6 Å². The largest absolute Gasteiger partial charge is 0.573 e. The van der Waals surface area contributed by atoms with Crippen molar-refractivity contribution >= 4 is 6.08 Å². The Kier molecular flexibility index (Phi) is 4.55. The molecular formula is C18H21F3O2. The molecule has 126 valence electrons. The van der Waals surface area contributed by atoms with Gasteiger partial charge in [0.1, 0.15) is 0 Å². The van der Waals surface area contributed by atoms with Crippen LogP contribution < -0.4 is 9.47 Å². The van der Waals surface area contributed by atoms with Crippen molar-refractivity contribution in [2.75, 3.05) is 6.61 Å². The lowest BCUT2D eigenvalue weighted by Gasteiger charge is -2.17. The second-order valence-electron chi connectivity index (χ2n) is 6.43. The summed E-state index contributed by atoms with van der Waals surface area (Å²) < 4.78 is 48.0. The molecule has 3 rings (SSSR count). The minimum absolute atomic E-state index is 0.170. The van der Waals surface area contributed by atoms with Crippen LogP contribution in [0.1, 0.15) is 43.2 Å². The van der Waals surface area contributed by atoms with Crippen molar-refractivity contribution in [3.8, 4) is 11.5 Å². The maximum Gasteiger partial charge on any atom is 0.573 e. The quantitative estimate of drug-likeness (QED) is 0.659. The summed E-state index contributed by atoms with van der Waals surface area (Å²) in [7, 11) is 0. The summed E-state index contributed by atoms with van der Waals surface area (Å²) in [5.74, 6) is 1.19. The van der Waals surface area contributed by atoms with E-state index in [0.29, 0.717) is 24.0 Å². The Balaban J connectivity index is 1.78. The van der Waals surface area contributed by atoms with E-state index in [0.717, 1.165) is 24.8 Å². The van der Waals surface area contributed by atoms with Gasteiger partial charge in [-0.15, -0.1) is 13.2 Å². The zero-order valence-corrected chi connectivity index (χ0v) is 13.2. The van der Waals surface area contributed by atoms with Crippen molar-refractivity contribution in [3.63, 3.8) is 0 Å². The Morgan fingerprint density at radius 3 is 2.52 bits per heavy atom. The summed E-state index contributed by atoms with van der Waals surface area (Å²) in [5, 5.41) is 0. The van der Waals surface area contributed by atoms with Gasteiger partial charge in [-0.3, -0.25) is 0 Å². The minimum atomic E-state index is -4.72. The van der Waals surface area contributed by atoms with Crippen LogP contribution in [-0.4, -0.2) is 13.0 Å². The molecule has 1 aromatic rings. The molecule has 0 N–H and O–H groups in total. The van der Waals surface area contributed by atoms with Gasteiger partial charge in [0.2, 0.25) is 0 Å². The van der Waals surface area contributed by atoms with Gasteiger partial charge in [0.25, 0.3) is 0 Å². The van der Waals surface area contributed by atoms with Crippen LogP contribution >= 0.6 is 0 Å². The minimum Gasteiger partial charge on any atom is -0.490 e. The summed E-state index contributed by atoms with van der Waals surface area (Å²) in [6, 6.07) is 3.37. The number of benzene rings is 1. The van der Waals surface area contributed by atoms with Crippen LogP contribution in [0.5, 0.6) is 11.5 Å². The Morgan fingerprint density at radius 1 is 1.17 bits per heavy atom. The highest BCUT2D eigenvalue weighted by atomic mass is 19.4. The van der Waals surface area contributed by atoms with Gasteiger partial charge in [0.15, 0.2) is 11.5 Å². The maximum absolute atomic E-state index is 12.7. The third kappa shape index (κ3) is 4.91. The molecule has 2 saturated carbocycles. The summed E-state index contributed by atoms with van der Waals surface area (Å²) >= 11 is 0. The second-order valence-corrected chi connectivity index (χ2v) is 6.43. The van der Waals surface area contributed by atoms with E-state index in [9.17, 15) is 13.2 Å². The van der Waals surface area contributed by atoms with Crippen molar-refractivity contribution in [2.45, 2.75) is 45.4 Å². The molecule has 0 bridgehead atoms. The number of allylic oxidation sites excluding steroid dienone is 1. The van der Waals surface area contributed by atoms with E-state index in [1.165, 1.54) is 12.8 Å². The fraction of sp³-hybridized carbons (Fsp3) is 0.556. The number of ether oxygens (including phenoxy) is 2. The molecule has 0 unspecified atom stereocenters. The SMILES string of the molecule is Cc1c(/C=C/C2CC2)ccc(OCCC2CC2)c1OC(F)(F)F. The number of hydrogen-bond donors (Lipinski definition) is 0. The average Bonchev–Trinajstić information content (AvgIpc) is 3.34.